The highest BCUT2D eigenvalue weighted by Crippen LogP contribution is 2.29. The summed E-state index contributed by atoms with van der Waals surface area (Å²) in [5, 5.41) is 14.6. The minimum Gasteiger partial charge on any atom is -0.371 e. The second kappa shape index (κ2) is 9.80. The van der Waals surface area contributed by atoms with Crippen LogP contribution in [0.5, 0.6) is 0 Å². The number of carbonyl (C=O) groups excluding carboxylic acids is 2. The third kappa shape index (κ3) is 5.07. The van der Waals surface area contributed by atoms with E-state index in [0.29, 0.717) is 32.6 Å². The average Bonchev–Trinajstić information content (AvgIpc) is 3.34. The summed E-state index contributed by atoms with van der Waals surface area (Å²) in [5.74, 6) is -0.248. The SMILES string of the molecule is O=C(Cc1ccccc1)NC1CCN(c2ccc([N+](=O)[O-])c(C(=O)N3CCCC3)c2)CC1. The number of rotatable bonds is 6. The van der Waals surface area contributed by atoms with Gasteiger partial charge in [0.05, 0.1) is 11.3 Å². The van der Waals surface area contributed by atoms with E-state index in [1.54, 1.807) is 17.0 Å². The Kier molecular flexibility index (Phi) is 6.68. The number of carbonyl (C=O) groups is 2. The second-order valence-corrected chi connectivity index (χ2v) is 8.45. The summed E-state index contributed by atoms with van der Waals surface area (Å²) in [6, 6.07) is 14.6. The van der Waals surface area contributed by atoms with Crippen LogP contribution in [-0.4, -0.2) is 53.9 Å². The van der Waals surface area contributed by atoms with Crippen LogP contribution in [0.15, 0.2) is 48.5 Å². The first-order valence-electron chi connectivity index (χ1n) is 11.2. The van der Waals surface area contributed by atoms with E-state index in [0.717, 1.165) is 36.9 Å². The molecule has 1 N–H and O–H groups in total. The van der Waals surface area contributed by atoms with Crippen LogP contribution in [0.3, 0.4) is 0 Å². The molecular formula is C24H28N4O4. The molecule has 0 unspecified atom stereocenters. The molecule has 2 aliphatic heterocycles. The molecule has 0 aliphatic carbocycles. The number of hydrogen-bond acceptors (Lipinski definition) is 5. The molecule has 0 spiro atoms. The summed E-state index contributed by atoms with van der Waals surface area (Å²) in [5.41, 5.74) is 1.82. The topological polar surface area (TPSA) is 95.8 Å². The monoisotopic (exact) mass is 436 g/mol. The lowest BCUT2D eigenvalue weighted by Gasteiger charge is -2.34. The van der Waals surface area contributed by atoms with Gasteiger partial charge in [0.25, 0.3) is 11.6 Å². The quantitative estimate of drug-likeness (QED) is 0.554. The fraction of sp³-hybridized carbons (Fsp3) is 0.417. The Morgan fingerprint density at radius 2 is 1.69 bits per heavy atom. The standard InChI is InChI=1S/C24H28N4O4/c29-23(16-18-6-2-1-3-7-18)25-19-10-14-26(15-11-19)20-8-9-22(28(31)32)21(17-20)24(30)27-12-4-5-13-27/h1-3,6-9,17,19H,4-5,10-16H2,(H,25,29). The molecule has 2 aromatic rings. The molecule has 2 saturated heterocycles. The molecule has 0 radical (unpaired) electrons. The van der Waals surface area contributed by atoms with Crippen molar-refractivity contribution in [3.63, 3.8) is 0 Å². The van der Waals surface area contributed by atoms with Crippen molar-refractivity contribution in [2.75, 3.05) is 31.1 Å². The largest absolute Gasteiger partial charge is 0.371 e. The van der Waals surface area contributed by atoms with Gasteiger partial charge in [-0.1, -0.05) is 30.3 Å². The maximum atomic E-state index is 12.9. The average molecular weight is 437 g/mol. The minimum atomic E-state index is -0.485. The first-order valence-corrected chi connectivity index (χ1v) is 11.2. The predicted molar refractivity (Wildman–Crippen MR) is 122 cm³/mol. The number of piperidine rings is 1. The zero-order chi connectivity index (χ0) is 22.5. The van der Waals surface area contributed by atoms with Gasteiger partial charge in [-0.05, 0) is 43.4 Å². The Morgan fingerprint density at radius 3 is 2.34 bits per heavy atom. The normalized spacial score (nSPS) is 16.8. The van der Waals surface area contributed by atoms with E-state index in [2.05, 4.69) is 10.2 Å². The van der Waals surface area contributed by atoms with Crippen molar-refractivity contribution in [1.82, 2.24) is 10.2 Å². The van der Waals surface area contributed by atoms with Crippen LogP contribution in [0.4, 0.5) is 11.4 Å². The number of nitrogens with one attached hydrogen (secondary N) is 1. The van der Waals surface area contributed by atoms with Crippen molar-refractivity contribution in [2.45, 2.75) is 38.1 Å². The summed E-state index contributed by atoms with van der Waals surface area (Å²) in [4.78, 5) is 40.1. The number of nitrogens with zero attached hydrogens (tertiary/aromatic N) is 3. The molecule has 2 fully saturated rings. The Bertz CT molecular complexity index is 981. The van der Waals surface area contributed by atoms with E-state index >= 15 is 0 Å². The summed E-state index contributed by atoms with van der Waals surface area (Å²) in [6.07, 6.45) is 3.80. The van der Waals surface area contributed by atoms with E-state index in [-0.39, 0.29) is 29.1 Å². The number of benzene rings is 2. The van der Waals surface area contributed by atoms with Crippen LogP contribution in [0.1, 0.15) is 41.6 Å². The Hall–Kier alpha value is -3.42. The summed E-state index contributed by atoms with van der Waals surface area (Å²) < 4.78 is 0. The lowest BCUT2D eigenvalue weighted by atomic mass is 10.0. The molecule has 2 aliphatic rings. The molecule has 0 atom stereocenters. The van der Waals surface area contributed by atoms with Crippen LogP contribution >= 0.6 is 0 Å². The van der Waals surface area contributed by atoms with Gasteiger partial charge >= 0.3 is 0 Å². The molecule has 168 valence electrons. The fourth-order valence-corrected chi connectivity index (χ4v) is 4.48. The summed E-state index contributed by atoms with van der Waals surface area (Å²) in [6.45, 7) is 2.72. The molecule has 2 heterocycles. The van der Waals surface area contributed by atoms with Crippen molar-refractivity contribution in [3.8, 4) is 0 Å². The number of likely N-dealkylation sites (tertiary alicyclic amines) is 1. The van der Waals surface area contributed by atoms with Gasteiger partial charge in [0, 0.05) is 44.0 Å². The van der Waals surface area contributed by atoms with Gasteiger partial charge in [-0.15, -0.1) is 0 Å². The van der Waals surface area contributed by atoms with Crippen LogP contribution < -0.4 is 10.2 Å². The van der Waals surface area contributed by atoms with Gasteiger partial charge in [-0.3, -0.25) is 19.7 Å². The lowest BCUT2D eigenvalue weighted by molar-refractivity contribution is -0.385. The summed E-state index contributed by atoms with van der Waals surface area (Å²) in [7, 11) is 0. The van der Waals surface area contributed by atoms with Crippen molar-refractivity contribution < 1.29 is 14.5 Å². The second-order valence-electron chi connectivity index (χ2n) is 8.45. The van der Waals surface area contributed by atoms with E-state index in [1.807, 2.05) is 30.3 Å². The zero-order valence-electron chi connectivity index (χ0n) is 18.0. The first kappa shape index (κ1) is 21.8. The van der Waals surface area contributed by atoms with Crippen molar-refractivity contribution in [2.24, 2.45) is 0 Å². The molecule has 32 heavy (non-hydrogen) atoms. The number of anilines is 1. The highest BCUT2D eigenvalue weighted by Gasteiger charge is 2.28. The minimum absolute atomic E-state index is 0.0171. The van der Waals surface area contributed by atoms with E-state index < -0.39 is 4.92 Å². The maximum Gasteiger partial charge on any atom is 0.282 e. The van der Waals surface area contributed by atoms with Gasteiger partial charge in [-0.25, -0.2) is 0 Å². The summed E-state index contributed by atoms with van der Waals surface area (Å²) >= 11 is 0. The van der Waals surface area contributed by atoms with Gasteiger partial charge < -0.3 is 15.1 Å². The molecule has 2 amide bonds. The molecule has 8 heteroatoms. The first-order chi connectivity index (χ1) is 15.5. The fourth-order valence-electron chi connectivity index (χ4n) is 4.48. The third-order valence-corrected chi connectivity index (χ3v) is 6.23. The van der Waals surface area contributed by atoms with E-state index in [4.69, 9.17) is 0 Å². The Morgan fingerprint density at radius 1 is 1.00 bits per heavy atom. The highest BCUT2D eigenvalue weighted by molar-refractivity contribution is 5.99. The van der Waals surface area contributed by atoms with E-state index in [9.17, 15) is 19.7 Å². The van der Waals surface area contributed by atoms with Crippen LogP contribution in [0.2, 0.25) is 0 Å². The number of nitro groups is 1. The Labute approximate surface area is 187 Å². The smallest absolute Gasteiger partial charge is 0.282 e. The van der Waals surface area contributed by atoms with Gasteiger partial charge in [0.2, 0.25) is 5.91 Å². The molecule has 0 aromatic heterocycles. The number of hydrogen-bond donors (Lipinski definition) is 1. The predicted octanol–water partition coefficient (Wildman–Crippen LogP) is 3.16. The van der Waals surface area contributed by atoms with E-state index in [1.165, 1.54) is 6.07 Å². The molecule has 0 bridgehead atoms. The van der Waals surface area contributed by atoms with Crippen LogP contribution in [0.25, 0.3) is 0 Å². The molecular weight excluding hydrogens is 408 g/mol. The molecule has 0 saturated carbocycles. The lowest BCUT2D eigenvalue weighted by Crippen LogP contribution is -2.45. The van der Waals surface area contributed by atoms with Crippen LogP contribution in [-0.2, 0) is 11.2 Å². The third-order valence-electron chi connectivity index (χ3n) is 6.23. The van der Waals surface area contributed by atoms with Gasteiger partial charge in [-0.2, -0.15) is 0 Å². The highest BCUT2D eigenvalue weighted by atomic mass is 16.6. The van der Waals surface area contributed by atoms with Gasteiger partial charge in [0.15, 0.2) is 0 Å². The van der Waals surface area contributed by atoms with Crippen molar-refractivity contribution in [3.05, 3.63) is 69.8 Å². The maximum absolute atomic E-state index is 12.9. The van der Waals surface area contributed by atoms with Crippen molar-refractivity contribution >= 4 is 23.2 Å². The zero-order valence-corrected chi connectivity index (χ0v) is 18.0. The number of amides is 2. The number of nitro benzene ring substituents is 1. The molecule has 4 rings (SSSR count). The molecule has 8 nitrogen and oxygen atoms in total. The molecule has 2 aromatic carbocycles. The van der Waals surface area contributed by atoms with Gasteiger partial charge in [0.1, 0.15) is 5.56 Å². The Balaban J connectivity index is 1.38. The van der Waals surface area contributed by atoms with Crippen LogP contribution in [0, 0.1) is 10.1 Å². The van der Waals surface area contributed by atoms with Crippen molar-refractivity contribution in [1.29, 1.82) is 0 Å².